The van der Waals surface area contributed by atoms with Crippen LogP contribution >= 0.6 is 0 Å². The van der Waals surface area contributed by atoms with Crippen LogP contribution in [0.15, 0.2) is 12.5 Å². The predicted molar refractivity (Wildman–Crippen MR) is 269 cm³/mol. The second-order valence-corrected chi connectivity index (χ2v) is 18.6. The summed E-state index contributed by atoms with van der Waals surface area (Å²) < 4.78 is 0. The third-order valence-electron chi connectivity index (χ3n) is 12.3. The van der Waals surface area contributed by atoms with E-state index in [1.807, 2.05) is 6.92 Å². The summed E-state index contributed by atoms with van der Waals surface area (Å²) in [6, 6.07) is -7.40. The molecule has 0 spiro atoms. The van der Waals surface area contributed by atoms with Crippen molar-refractivity contribution in [2.45, 2.75) is 229 Å². The molecule has 0 aromatic carbocycles. The number of carboxylic acid groups (broad SMARTS) is 1. The van der Waals surface area contributed by atoms with Crippen molar-refractivity contribution in [1.82, 2.24) is 52.5 Å². The van der Waals surface area contributed by atoms with Gasteiger partial charge in [0.15, 0.2) is 0 Å². The minimum atomic E-state index is -1.75. The van der Waals surface area contributed by atoms with Crippen LogP contribution in [0.4, 0.5) is 0 Å². The molecular formula is C48H91N11O13. The minimum Gasteiger partial charge on any atom is -0.481 e. The van der Waals surface area contributed by atoms with Gasteiger partial charge in [-0.25, -0.2) is 4.98 Å². The van der Waals surface area contributed by atoms with E-state index in [4.69, 9.17) is 5.73 Å². The van der Waals surface area contributed by atoms with Crippen molar-refractivity contribution < 1.29 is 64.5 Å². The molecule has 0 saturated heterocycles. The molecule has 0 fully saturated rings. The maximum Gasteiger partial charge on any atom is 0.303 e. The lowest BCUT2D eigenvalue weighted by molar-refractivity contribution is -0.138. The van der Waals surface area contributed by atoms with Gasteiger partial charge in [-0.3, -0.25) is 50.0 Å². The van der Waals surface area contributed by atoms with Gasteiger partial charge in [-0.2, -0.15) is 0 Å². The molecule has 1 aromatic heterocycles. The van der Waals surface area contributed by atoms with Crippen molar-refractivity contribution in [2.24, 2.45) is 5.73 Å². The van der Waals surface area contributed by atoms with Crippen LogP contribution in [-0.2, 0) is 35.2 Å². The van der Waals surface area contributed by atoms with Gasteiger partial charge in [0, 0.05) is 44.6 Å². The van der Waals surface area contributed by atoms with Gasteiger partial charge >= 0.3 is 5.97 Å². The zero-order valence-electron chi connectivity index (χ0n) is 43.1. The van der Waals surface area contributed by atoms with E-state index < -0.39 is 122 Å². The summed E-state index contributed by atoms with van der Waals surface area (Å²) in [7, 11) is 1.44. The fourth-order valence-electron chi connectivity index (χ4n) is 8.01. The van der Waals surface area contributed by atoms with Gasteiger partial charge in [0.1, 0.15) is 37.0 Å². The van der Waals surface area contributed by atoms with Gasteiger partial charge in [0.25, 0.3) is 0 Å². The van der Waals surface area contributed by atoms with Crippen LogP contribution in [0.25, 0.3) is 0 Å². The highest BCUT2D eigenvalue weighted by molar-refractivity contribution is 5.88. The number of primary amides is 1. The van der Waals surface area contributed by atoms with E-state index in [1.54, 1.807) is 0 Å². The average Bonchev–Trinajstić information content (AvgIpc) is 3.86. The number of aromatic amines is 1. The highest BCUT2D eigenvalue weighted by atomic mass is 16.4. The number of imidazole rings is 1. The first-order valence-corrected chi connectivity index (χ1v) is 26.0. The normalized spacial score (nSPS) is 16.2. The van der Waals surface area contributed by atoms with Crippen LogP contribution in [0, 0.1) is 0 Å². The number of nitrogens with two attached hydrogens (primary N) is 1. The second-order valence-electron chi connectivity index (χ2n) is 18.6. The van der Waals surface area contributed by atoms with Crippen LogP contribution < -0.4 is 48.3 Å². The number of hydrogen-bond donors (Lipinski definition) is 17. The largest absolute Gasteiger partial charge is 0.481 e. The van der Waals surface area contributed by atoms with Gasteiger partial charge in [0.05, 0.1) is 49.8 Å². The number of unbranched alkanes of at least 4 members (excludes halogenated alkanes) is 13. The third-order valence-corrected chi connectivity index (χ3v) is 12.3. The Kier molecular flexibility index (Phi) is 35.7. The molecule has 11 atom stereocenters. The Morgan fingerprint density at radius 3 is 1.74 bits per heavy atom. The maximum absolute atomic E-state index is 13.7. The van der Waals surface area contributed by atoms with E-state index in [0.717, 1.165) is 32.1 Å². The molecule has 72 heavy (non-hydrogen) atoms. The summed E-state index contributed by atoms with van der Waals surface area (Å²) >= 11 is 0. The fourth-order valence-corrected chi connectivity index (χ4v) is 8.01. The zero-order valence-corrected chi connectivity index (χ0v) is 43.1. The minimum absolute atomic E-state index is 0.0587. The quantitative estimate of drug-likeness (QED) is 0.0277. The lowest BCUT2D eigenvalue weighted by Crippen LogP contribution is -2.64. The molecule has 1 heterocycles. The molecule has 18 N–H and O–H groups in total. The molecular weight excluding hydrogens is 939 g/mol. The molecule has 0 saturated carbocycles. The zero-order chi connectivity index (χ0) is 53.8. The number of aliphatic hydroxyl groups is 6. The van der Waals surface area contributed by atoms with Gasteiger partial charge in [-0.05, 0) is 32.6 Å². The third kappa shape index (κ3) is 29.4. The molecule has 416 valence electrons. The van der Waals surface area contributed by atoms with Crippen molar-refractivity contribution >= 4 is 35.5 Å². The first-order chi connectivity index (χ1) is 34.4. The monoisotopic (exact) mass is 1030 g/mol. The number of nitrogens with one attached hydrogen (secondary N) is 9. The summed E-state index contributed by atoms with van der Waals surface area (Å²) in [5.74, 6) is -4.55. The molecule has 0 aliphatic carbocycles. The van der Waals surface area contributed by atoms with Gasteiger partial charge < -0.3 is 67.7 Å². The molecule has 0 aliphatic heterocycles. The number of amides is 5. The Morgan fingerprint density at radius 1 is 0.639 bits per heavy atom. The smallest absolute Gasteiger partial charge is 0.303 e. The van der Waals surface area contributed by atoms with Gasteiger partial charge in [-0.1, -0.05) is 104 Å². The highest BCUT2D eigenvalue weighted by Gasteiger charge is 2.34. The van der Waals surface area contributed by atoms with E-state index in [1.165, 1.54) is 77.9 Å². The molecule has 1 rings (SSSR count). The second kappa shape index (κ2) is 39.1. The number of carbonyl (C=O) groups excluding carboxylic acids is 5. The molecule has 0 radical (unpaired) electrons. The van der Waals surface area contributed by atoms with Gasteiger partial charge in [-0.15, -0.1) is 0 Å². The number of nitrogens with zero attached hydrogens (tertiary/aromatic N) is 1. The Hall–Kier alpha value is -4.37. The van der Waals surface area contributed by atoms with E-state index in [2.05, 4.69) is 59.4 Å². The lowest BCUT2D eigenvalue weighted by Gasteiger charge is -2.35. The standard InChI is InChI=1S/C48H91N11O13/c1-5-7-9-10-11-12-13-14-15-16-17-18-19-21-39(63)54-34(23-25-41(65)66)44(68)52-28-40(64)59-42(31(3)61)48(72)56-35(22-24-38(49)62)45(69)57-36(26-32-27-51-30-53-32)46(70)58-37(29-60)47(71)55-33(20-8-6-2)43(67)50-4/h27,30-31,33-37,40,42,45-47,55,57-61,64,69-71H,5-26,28-29H2,1-4H3,(H2,49,62)(H,50,67)(H,51,53)(H,52,68)(H,54,63)(H,56,72)(H,65,66)/t31-,33-,34-,35-,36?,37-,40?,42-,45?,46?,47?/m0/s1. The molecule has 5 unspecified atom stereocenters. The summed E-state index contributed by atoms with van der Waals surface area (Å²) in [6.45, 7) is 4.12. The number of aliphatic carboxylic acids is 1. The average molecular weight is 1030 g/mol. The van der Waals surface area contributed by atoms with Crippen molar-refractivity contribution in [2.75, 3.05) is 20.2 Å². The molecule has 1 aromatic rings. The van der Waals surface area contributed by atoms with Crippen molar-refractivity contribution in [3.05, 3.63) is 18.2 Å². The van der Waals surface area contributed by atoms with Crippen molar-refractivity contribution in [3.63, 3.8) is 0 Å². The van der Waals surface area contributed by atoms with E-state index in [-0.39, 0.29) is 32.1 Å². The maximum atomic E-state index is 13.7. The summed E-state index contributed by atoms with van der Waals surface area (Å²) in [4.78, 5) is 82.4. The van der Waals surface area contributed by atoms with E-state index in [0.29, 0.717) is 25.0 Å². The Morgan fingerprint density at radius 2 is 1.21 bits per heavy atom. The number of likely N-dealkylation sites (N-methyl/N-ethyl adjacent to an activating group) is 1. The first kappa shape index (κ1) is 65.6. The van der Waals surface area contributed by atoms with Gasteiger partial charge in [0.2, 0.25) is 29.5 Å². The van der Waals surface area contributed by atoms with E-state index in [9.17, 15) is 64.5 Å². The molecule has 24 nitrogen and oxygen atoms in total. The summed E-state index contributed by atoms with van der Waals surface area (Å²) in [5, 5.41) is 95.9. The van der Waals surface area contributed by atoms with Crippen LogP contribution in [-0.4, -0.2) is 169 Å². The SMILES string of the molecule is CCCCCCCCCCCCCCCC(=O)N[C@@H](CCC(=O)O)C(=O)NCC(O)N[C@H](C(=O)N[C@@H](CCC(N)=O)C(O)NC(Cc1cnc[nH]1)C(O)N[C@@H](CO)C(O)N[C@@H](CCCC)C(=O)NC)[C@H](C)O. The number of carbonyl (C=O) groups is 6. The molecule has 0 aliphatic rings. The Bertz CT molecular complexity index is 1650. The Labute approximate surface area is 425 Å². The number of aliphatic hydroxyl groups excluding tert-OH is 6. The first-order valence-electron chi connectivity index (χ1n) is 26.0. The van der Waals surface area contributed by atoms with E-state index >= 15 is 0 Å². The number of H-pyrrole nitrogens is 1. The van der Waals surface area contributed by atoms with Crippen molar-refractivity contribution in [1.29, 1.82) is 0 Å². The Balaban J connectivity index is 2.98. The molecule has 5 amide bonds. The highest BCUT2D eigenvalue weighted by Crippen LogP contribution is 2.14. The van der Waals surface area contributed by atoms with Crippen LogP contribution in [0.2, 0.25) is 0 Å². The molecule has 0 bridgehead atoms. The van der Waals surface area contributed by atoms with Crippen molar-refractivity contribution in [3.8, 4) is 0 Å². The summed E-state index contributed by atoms with van der Waals surface area (Å²) in [6.07, 6.45) is 10.1. The van der Waals surface area contributed by atoms with Crippen LogP contribution in [0.1, 0.15) is 161 Å². The van der Waals surface area contributed by atoms with Crippen LogP contribution in [0.5, 0.6) is 0 Å². The number of aromatic nitrogens is 2. The predicted octanol–water partition coefficient (Wildman–Crippen LogP) is -0.935. The lowest BCUT2D eigenvalue weighted by atomic mass is 10.0. The number of carboxylic acids is 1. The fraction of sp³-hybridized carbons (Fsp3) is 0.812. The van der Waals surface area contributed by atoms with Crippen LogP contribution in [0.3, 0.4) is 0 Å². The topological polar surface area (TPSA) is 395 Å². The number of rotatable bonds is 45. The number of hydrogen-bond acceptors (Lipinski definition) is 17. The summed E-state index contributed by atoms with van der Waals surface area (Å²) in [5.41, 5.74) is 5.88. The molecule has 24 heteroatoms.